The van der Waals surface area contributed by atoms with E-state index in [9.17, 15) is 4.79 Å². The van der Waals surface area contributed by atoms with Crippen molar-refractivity contribution in [3.8, 4) is 0 Å². The summed E-state index contributed by atoms with van der Waals surface area (Å²) in [4.78, 5) is 14.0. The molecule has 7 atom stereocenters. The van der Waals surface area contributed by atoms with E-state index in [4.69, 9.17) is 4.74 Å². The van der Waals surface area contributed by atoms with Crippen LogP contribution in [-0.2, 0) is 14.9 Å². The van der Waals surface area contributed by atoms with Gasteiger partial charge < -0.3 is 10.1 Å². The van der Waals surface area contributed by atoms with Crippen LogP contribution < -0.4 is 5.32 Å². The summed E-state index contributed by atoms with van der Waals surface area (Å²) >= 11 is 0. The van der Waals surface area contributed by atoms with Crippen molar-refractivity contribution < 1.29 is 9.53 Å². The molecule has 1 aliphatic heterocycles. The fourth-order valence-electron chi connectivity index (χ4n) is 9.20. The summed E-state index contributed by atoms with van der Waals surface area (Å²) in [5, 5.41) is 3.68. The molecule has 0 radical (unpaired) electrons. The third-order valence-corrected chi connectivity index (χ3v) is 9.68. The molecule has 1 aromatic rings. The summed E-state index contributed by atoms with van der Waals surface area (Å²) in [7, 11) is 0. The first-order chi connectivity index (χ1) is 14.5. The Bertz CT molecular complexity index is 823. The number of Topliss-reactive ketones (excluding diaryl/α,β-unsaturated/α-hetero) is 1. The molecule has 1 saturated heterocycles. The number of ether oxygens (including phenoxy) is 1. The molecule has 30 heavy (non-hydrogen) atoms. The minimum Gasteiger partial charge on any atom is -0.381 e. The summed E-state index contributed by atoms with van der Waals surface area (Å²) < 4.78 is 6.08. The Labute approximate surface area is 181 Å². The van der Waals surface area contributed by atoms with E-state index < -0.39 is 0 Å². The minimum atomic E-state index is -0.103. The average molecular weight is 408 g/mol. The molecule has 5 unspecified atom stereocenters. The summed E-state index contributed by atoms with van der Waals surface area (Å²) in [6.07, 6.45) is 10.5. The minimum absolute atomic E-state index is 0.103. The summed E-state index contributed by atoms with van der Waals surface area (Å²) in [5.74, 6) is 2.69. The maximum absolute atomic E-state index is 14.0. The van der Waals surface area contributed by atoms with Crippen LogP contribution in [0.4, 0.5) is 0 Å². The van der Waals surface area contributed by atoms with Gasteiger partial charge in [0, 0.05) is 24.5 Å². The first-order valence-corrected chi connectivity index (χ1v) is 12.4. The number of carbonyl (C=O) groups excluding carboxylic acids is 1. The number of nitrogens with one attached hydrogen (secondary N) is 1. The molecule has 3 heteroatoms. The van der Waals surface area contributed by atoms with Crippen LogP contribution in [-0.4, -0.2) is 31.6 Å². The van der Waals surface area contributed by atoms with Crippen LogP contribution in [0, 0.1) is 28.6 Å². The molecule has 1 N–H and O–H groups in total. The highest BCUT2D eigenvalue weighted by molar-refractivity contribution is 5.86. The number of fused-ring (bicyclic) bond motifs is 2. The van der Waals surface area contributed by atoms with E-state index in [0.29, 0.717) is 23.7 Å². The van der Waals surface area contributed by atoms with E-state index in [-0.39, 0.29) is 16.2 Å². The lowest BCUT2D eigenvalue weighted by Gasteiger charge is -2.66. The molecule has 1 aromatic carbocycles. The zero-order chi connectivity index (χ0) is 20.4. The van der Waals surface area contributed by atoms with Crippen LogP contribution in [0.25, 0.3) is 0 Å². The van der Waals surface area contributed by atoms with E-state index in [1.54, 1.807) is 0 Å². The number of ketones is 1. The molecule has 6 bridgehead atoms. The first-order valence-electron chi connectivity index (χ1n) is 12.4. The van der Waals surface area contributed by atoms with Crippen molar-refractivity contribution in [1.82, 2.24) is 5.32 Å². The predicted molar refractivity (Wildman–Crippen MR) is 118 cm³/mol. The van der Waals surface area contributed by atoms with Crippen LogP contribution in [0.5, 0.6) is 0 Å². The smallest absolute Gasteiger partial charge is 0.139 e. The summed E-state index contributed by atoms with van der Waals surface area (Å²) in [5.41, 5.74) is 1.76. The van der Waals surface area contributed by atoms with Gasteiger partial charge in [0.05, 0.1) is 6.61 Å². The highest BCUT2D eigenvalue weighted by Crippen LogP contribution is 2.70. The van der Waals surface area contributed by atoms with E-state index in [2.05, 4.69) is 42.6 Å². The fraction of sp³-hybridized carbons (Fsp3) is 0.741. The summed E-state index contributed by atoms with van der Waals surface area (Å²) in [6.45, 7) is 4.91. The van der Waals surface area contributed by atoms with Gasteiger partial charge in [-0.1, -0.05) is 30.3 Å². The van der Waals surface area contributed by atoms with Crippen molar-refractivity contribution in [2.75, 3.05) is 19.8 Å². The average Bonchev–Trinajstić information content (AvgIpc) is 3.35. The SMILES string of the molecule is CCOC[C@@]12CC3CC(C(=O)CC4CC5CNC4C5)(C1)C[C@](c1ccccc1)(C3)C2. The first kappa shape index (κ1) is 19.5. The van der Waals surface area contributed by atoms with Gasteiger partial charge in [0.1, 0.15) is 5.78 Å². The van der Waals surface area contributed by atoms with Gasteiger partial charge in [0.25, 0.3) is 0 Å². The molecule has 0 amide bonds. The number of rotatable bonds is 7. The maximum atomic E-state index is 14.0. The van der Waals surface area contributed by atoms with Crippen molar-refractivity contribution in [3.05, 3.63) is 35.9 Å². The molecule has 7 rings (SSSR count). The lowest BCUT2D eigenvalue weighted by atomic mass is 9.37. The highest BCUT2D eigenvalue weighted by atomic mass is 16.5. The second-order valence-corrected chi connectivity index (χ2v) is 11.8. The number of carbonyl (C=O) groups is 1. The second kappa shape index (κ2) is 6.90. The van der Waals surface area contributed by atoms with Gasteiger partial charge in [-0.25, -0.2) is 0 Å². The normalized spacial score (nSPS) is 45.9. The van der Waals surface area contributed by atoms with Crippen LogP contribution in [0.2, 0.25) is 0 Å². The predicted octanol–water partition coefficient (Wildman–Crippen LogP) is 4.89. The molecule has 1 heterocycles. The van der Waals surface area contributed by atoms with Crippen molar-refractivity contribution in [1.29, 1.82) is 0 Å². The zero-order valence-corrected chi connectivity index (χ0v) is 18.5. The molecule has 6 aliphatic rings. The lowest BCUT2D eigenvalue weighted by Crippen LogP contribution is -2.62. The maximum Gasteiger partial charge on any atom is 0.139 e. The van der Waals surface area contributed by atoms with Gasteiger partial charge in [-0.05, 0) is 99.0 Å². The van der Waals surface area contributed by atoms with Gasteiger partial charge in [0.2, 0.25) is 0 Å². The van der Waals surface area contributed by atoms with E-state index in [1.807, 2.05) is 0 Å². The van der Waals surface area contributed by atoms with Crippen molar-refractivity contribution in [2.24, 2.45) is 28.6 Å². The van der Waals surface area contributed by atoms with Gasteiger partial charge in [-0.15, -0.1) is 0 Å². The molecule has 0 spiro atoms. The Morgan fingerprint density at radius 3 is 2.67 bits per heavy atom. The molecular formula is C27H37NO2. The fourth-order valence-corrected chi connectivity index (χ4v) is 9.20. The number of hydrogen-bond acceptors (Lipinski definition) is 3. The van der Waals surface area contributed by atoms with Crippen LogP contribution in [0.3, 0.4) is 0 Å². The van der Waals surface area contributed by atoms with Crippen LogP contribution >= 0.6 is 0 Å². The highest BCUT2D eigenvalue weighted by Gasteiger charge is 2.65. The standard InChI is InChI=1S/C27H37NO2/c1-2-30-18-25-11-20-12-26(15-25,22-6-4-3-5-7-22)17-27(13-20,16-25)24(29)10-21-8-19-9-23(21)28-14-19/h3-7,19-21,23,28H,2,8-18H2,1H3/t19?,20?,21?,23?,25-,26+,27?/m1/s1. The Hall–Kier alpha value is -1.19. The van der Waals surface area contributed by atoms with Gasteiger partial charge >= 0.3 is 0 Å². The summed E-state index contributed by atoms with van der Waals surface area (Å²) in [6, 6.07) is 11.8. The van der Waals surface area contributed by atoms with E-state index in [0.717, 1.165) is 44.8 Å². The number of benzene rings is 1. The molecule has 5 aliphatic carbocycles. The Morgan fingerprint density at radius 1 is 1.07 bits per heavy atom. The molecule has 3 nitrogen and oxygen atoms in total. The third kappa shape index (κ3) is 2.95. The van der Waals surface area contributed by atoms with Crippen LogP contribution in [0.1, 0.15) is 70.3 Å². The van der Waals surface area contributed by atoms with Gasteiger partial charge in [0.15, 0.2) is 0 Å². The zero-order valence-electron chi connectivity index (χ0n) is 18.5. The molecule has 5 saturated carbocycles. The van der Waals surface area contributed by atoms with Crippen molar-refractivity contribution in [3.63, 3.8) is 0 Å². The van der Waals surface area contributed by atoms with Gasteiger partial charge in [-0.2, -0.15) is 0 Å². The van der Waals surface area contributed by atoms with Crippen molar-refractivity contribution in [2.45, 2.75) is 76.2 Å². The van der Waals surface area contributed by atoms with Gasteiger partial charge in [-0.3, -0.25) is 4.79 Å². The topological polar surface area (TPSA) is 38.3 Å². The second-order valence-electron chi connectivity index (χ2n) is 11.8. The quantitative estimate of drug-likeness (QED) is 0.699. The Balaban J connectivity index is 1.33. The number of piperidine rings is 1. The molecular weight excluding hydrogens is 370 g/mol. The largest absolute Gasteiger partial charge is 0.381 e. The van der Waals surface area contributed by atoms with E-state index in [1.165, 1.54) is 44.2 Å². The molecule has 162 valence electrons. The molecule has 6 fully saturated rings. The Morgan fingerprint density at radius 2 is 1.93 bits per heavy atom. The van der Waals surface area contributed by atoms with E-state index >= 15 is 0 Å². The third-order valence-electron chi connectivity index (χ3n) is 9.68. The molecule has 0 aromatic heterocycles. The lowest BCUT2D eigenvalue weighted by molar-refractivity contribution is -0.171. The van der Waals surface area contributed by atoms with Crippen LogP contribution in [0.15, 0.2) is 30.3 Å². The Kier molecular flexibility index (Phi) is 4.49. The monoisotopic (exact) mass is 407 g/mol. The number of hydrogen-bond donors (Lipinski definition) is 1. The van der Waals surface area contributed by atoms with Crippen molar-refractivity contribution >= 4 is 5.78 Å².